The second-order valence-corrected chi connectivity index (χ2v) is 3.75. The van der Waals surface area contributed by atoms with E-state index in [9.17, 15) is 0 Å². The van der Waals surface area contributed by atoms with Crippen molar-refractivity contribution in [2.45, 2.75) is 6.42 Å². The van der Waals surface area contributed by atoms with Crippen LogP contribution in [0.1, 0.15) is 11.3 Å². The van der Waals surface area contributed by atoms with Crippen LogP contribution in [0.5, 0.6) is 5.88 Å². The highest BCUT2D eigenvalue weighted by atomic mass is 16.6. The fraction of sp³-hybridized carbons (Fsp3) is 0.167. The number of rotatable bonds is 3. The molecule has 0 saturated heterocycles. The number of fused-ring (bicyclic) bond motifs is 1. The summed E-state index contributed by atoms with van der Waals surface area (Å²) in [6, 6.07) is 9.97. The Kier molecular flexibility index (Phi) is 2.60. The zero-order chi connectivity index (χ0) is 12.4. The summed E-state index contributed by atoms with van der Waals surface area (Å²) in [7, 11) is 1.55. The molecule has 3 rings (SSSR count). The Labute approximate surface area is 103 Å². The average Bonchev–Trinajstić information content (AvgIpc) is 2.86. The molecule has 1 aromatic carbocycles. The molecule has 0 saturated carbocycles. The molecule has 0 bridgehead atoms. The molecule has 0 amide bonds. The molecule has 0 spiro atoms. The van der Waals surface area contributed by atoms with Gasteiger partial charge in [0.15, 0.2) is 0 Å². The normalized spacial score (nSPS) is 10.7. The molecule has 3 aromatic rings. The van der Waals surface area contributed by atoms with Crippen LogP contribution in [0.15, 0.2) is 35.0 Å². The first-order valence-electron chi connectivity index (χ1n) is 5.44. The minimum absolute atomic E-state index is 0.351. The number of nitrogens with zero attached hydrogens (tertiary/aromatic N) is 4. The van der Waals surface area contributed by atoms with Gasteiger partial charge in [0.1, 0.15) is 5.69 Å². The molecular formula is C12H10N4O2. The average molecular weight is 242 g/mol. The Bertz CT molecular complexity index is 666. The molecule has 0 aliphatic rings. The summed E-state index contributed by atoms with van der Waals surface area (Å²) in [5.74, 6) is 0.446. The quantitative estimate of drug-likeness (QED) is 0.694. The van der Waals surface area contributed by atoms with Crippen molar-refractivity contribution in [2.24, 2.45) is 0 Å². The van der Waals surface area contributed by atoms with E-state index in [1.807, 2.05) is 30.3 Å². The van der Waals surface area contributed by atoms with Gasteiger partial charge in [-0.25, -0.2) is 9.61 Å². The van der Waals surface area contributed by atoms with Crippen LogP contribution in [0.4, 0.5) is 0 Å². The first kappa shape index (κ1) is 10.6. The molecule has 0 fully saturated rings. The molecule has 0 aliphatic carbocycles. The Morgan fingerprint density at radius 2 is 1.78 bits per heavy atom. The monoisotopic (exact) mass is 242 g/mol. The number of hydrogen-bond donors (Lipinski definition) is 0. The van der Waals surface area contributed by atoms with Gasteiger partial charge in [-0.1, -0.05) is 30.3 Å². The van der Waals surface area contributed by atoms with Crippen LogP contribution in [0.25, 0.3) is 11.3 Å². The van der Waals surface area contributed by atoms with Crippen LogP contribution in [0.2, 0.25) is 0 Å². The predicted octanol–water partition coefficient (Wildman–Crippen LogP) is 1.61. The van der Waals surface area contributed by atoms with Crippen LogP contribution in [0.3, 0.4) is 0 Å². The summed E-state index contributed by atoms with van der Waals surface area (Å²) >= 11 is 0. The van der Waals surface area contributed by atoms with Crippen molar-refractivity contribution in [3.8, 4) is 5.88 Å². The number of aromatic nitrogens is 4. The van der Waals surface area contributed by atoms with E-state index in [1.165, 1.54) is 0 Å². The molecule has 2 aromatic heterocycles. The fourth-order valence-corrected chi connectivity index (χ4v) is 1.72. The summed E-state index contributed by atoms with van der Waals surface area (Å²) < 4.78 is 9.80. The van der Waals surface area contributed by atoms with Crippen LogP contribution in [0, 0.1) is 0 Å². The largest absolute Gasteiger partial charge is 0.480 e. The standard InChI is InChI=1S/C12H10N4O2/c1-17-12-9(7-8-5-3-2-4-6-8)13-10-11(14-12)16-18-15-10/h2-6H,7H2,1H3. The van der Waals surface area contributed by atoms with Crippen LogP contribution >= 0.6 is 0 Å². The Morgan fingerprint density at radius 1 is 1.06 bits per heavy atom. The van der Waals surface area contributed by atoms with Crippen molar-refractivity contribution >= 4 is 11.3 Å². The molecule has 0 aliphatic heterocycles. The first-order valence-corrected chi connectivity index (χ1v) is 5.44. The predicted molar refractivity (Wildman–Crippen MR) is 63.2 cm³/mol. The molecule has 6 heteroatoms. The zero-order valence-electron chi connectivity index (χ0n) is 9.70. The Balaban J connectivity index is 2.04. The Hall–Kier alpha value is -2.50. The van der Waals surface area contributed by atoms with Crippen LogP contribution in [-0.2, 0) is 6.42 Å². The van der Waals surface area contributed by atoms with Gasteiger partial charge in [-0.05, 0) is 15.9 Å². The minimum Gasteiger partial charge on any atom is -0.480 e. The van der Waals surface area contributed by atoms with Gasteiger partial charge in [-0.3, -0.25) is 0 Å². The highest BCUT2D eigenvalue weighted by Gasteiger charge is 2.13. The van der Waals surface area contributed by atoms with E-state index < -0.39 is 0 Å². The van der Waals surface area contributed by atoms with Gasteiger partial charge < -0.3 is 4.74 Å². The SMILES string of the molecule is COc1nc2nonc2nc1Cc1ccccc1. The zero-order valence-corrected chi connectivity index (χ0v) is 9.70. The second kappa shape index (κ2) is 4.40. The van der Waals surface area contributed by atoms with E-state index in [0.717, 1.165) is 5.56 Å². The van der Waals surface area contributed by atoms with Crippen molar-refractivity contribution in [2.75, 3.05) is 7.11 Å². The molecular weight excluding hydrogens is 232 g/mol. The van der Waals surface area contributed by atoms with Crippen molar-refractivity contribution in [3.05, 3.63) is 41.6 Å². The molecule has 0 radical (unpaired) electrons. The van der Waals surface area contributed by atoms with Crippen molar-refractivity contribution < 1.29 is 9.37 Å². The lowest BCUT2D eigenvalue weighted by Crippen LogP contribution is -2.00. The topological polar surface area (TPSA) is 73.9 Å². The van der Waals surface area contributed by atoms with Gasteiger partial charge in [-0.15, -0.1) is 0 Å². The first-order chi connectivity index (χ1) is 8.86. The van der Waals surface area contributed by atoms with E-state index >= 15 is 0 Å². The maximum Gasteiger partial charge on any atom is 0.246 e. The fourth-order valence-electron chi connectivity index (χ4n) is 1.72. The second-order valence-electron chi connectivity index (χ2n) is 3.75. The van der Waals surface area contributed by atoms with Gasteiger partial charge in [0.25, 0.3) is 0 Å². The smallest absolute Gasteiger partial charge is 0.246 e. The van der Waals surface area contributed by atoms with Crippen molar-refractivity contribution in [1.29, 1.82) is 0 Å². The highest BCUT2D eigenvalue weighted by molar-refractivity contribution is 5.64. The van der Waals surface area contributed by atoms with Crippen molar-refractivity contribution in [3.63, 3.8) is 0 Å². The highest BCUT2D eigenvalue weighted by Crippen LogP contribution is 2.19. The van der Waals surface area contributed by atoms with Crippen molar-refractivity contribution in [1.82, 2.24) is 20.3 Å². The van der Waals surface area contributed by atoms with Gasteiger partial charge in [-0.2, -0.15) is 4.98 Å². The summed E-state index contributed by atoms with van der Waals surface area (Å²) in [6.45, 7) is 0. The third-order valence-electron chi connectivity index (χ3n) is 2.56. The molecule has 0 atom stereocenters. The van der Waals surface area contributed by atoms with Crippen LogP contribution < -0.4 is 4.74 Å². The molecule has 0 N–H and O–H groups in total. The molecule has 18 heavy (non-hydrogen) atoms. The van der Waals surface area contributed by atoms with Gasteiger partial charge >= 0.3 is 0 Å². The number of methoxy groups -OCH3 is 1. The molecule has 0 unspecified atom stereocenters. The van der Waals surface area contributed by atoms with Gasteiger partial charge in [0.05, 0.1) is 7.11 Å². The van der Waals surface area contributed by atoms with Gasteiger partial charge in [0, 0.05) is 6.42 Å². The van der Waals surface area contributed by atoms with E-state index in [2.05, 4.69) is 24.9 Å². The third kappa shape index (κ3) is 1.88. The van der Waals surface area contributed by atoms with E-state index in [0.29, 0.717) is 29.3 Å². The maximum absolute atomic E-state index is 5.21. The number of ether oxygens (including phenoxy) is 1. The van der Waals surface area contributed by atoms with Gasteiger partial charge in [0.2, 0.25) is 17.2 Å². The maximum atomic E-state index is 5.21. The lowest BCUT2D eigenvalue weighted by molar-refractivity contribution is 0.313. The number of hydrogen-bond acceptors (Lipinski definition) is 6. The van der Waals surface area contributed by atoms with Crippen LogP contribution in [-0.4, -0.2) is 27.4 Å². The minimum atomic E-state index is 0.351. The molecule has 90 valence electrons. The molecule has 6 nitrogen and oxygen atoms in total. The lowest BCUT2D eigenvalue weighted by atomic mass is 10.1. The summed E-state index contributed by atoms with van der Waals surface area (Å²) in [6.07, 6.45) is 0.625. The van der Waals surface area contributed by atoms with E-state index in [1.54, 1.807) is 7.11 Å². The Morgan fingerprint density at radius 3 is 2.50 bits per heavy atom. The third-order valence-corrected chi connectivity index (χ3v) is 2.56. The number of benzene rings is 1. The summed E-state index contributed by atoms with van der Waals surface area (Å²) in [5, 5.41) is 7.32. The van der Waals surface area contributed by atoms with E-state index in [4.69, 9.17) is 4.74 Å². The lowest BCUT2D eigenvalue weighted by Gasteiger charge is -2.05. The summed E-state index contributed by atoms with van der Waals surface area (Å²) in [5.41, 5.74) is 2.58. The summed E-state index contributed by atoms with van der Waals surface area (Å²) in [4.78, 5) is 8.54. The molecule has 2 heterocycles. The van der Waals surface area contributed by atoms with E-state index in [-0.39, 0.29) is 0 Å².